The van der Waals surface area contributed by atoms with Crippen LogP contribution in [0.25, 0.3) is 5.65 Å². The standard InChI is InChI=1S/C16H14ClF3N4O2/c17-11-4-5-13(26-10-16(18,19)20)12(9-11)21-6-8-24-15(25)23-7-2-1-3-14(23)22-24/h1-5,7,9,21H,6,8,10H2. The van der Waals surface area contributed by atoms with Gasteiger partial charge in [-0.1, -0.05) is 17.7 Å². The van der Waals surface area contributed by atoms with Crippen LogP contribution < -0.4 is 15.7 Å². The molecule has 0 fully saturated rings. The van der Waals surface area contributed by atoms with Gasteiger partial charge in [-0.25, -0.2) is 9.48 Å². The Morgan fingerprint density at radius 2 is 2.04 bits per heavy atom. The van der Waals surface area contributed by atoms with Crippen molar-refractivity contribution in [2.24, 2.45) is 0 Å². The summed E-state index contributed by atoms with van der Waals surface area (Å²) in [5, 5.41) is 7.44. The summed E-state index contributed by atoms with van der Waals surface area (Å²) in [6, 6.07) is 9.43. The number of halogens is 4. The molecule has 1 aromatic carbocycles. The Labute approximate surface area is 150 Å². The fourth-order valence-electron chi connectivity index (χ4n) is 2.34. The summed E-state index contributed by atoms with van der Waals surface area (Å²) in [5.41, 5.74) is 0.509. The van der Waals surface area contributed by atoms with E-state index in [1.807, 2.05) is 0 Å². The summed E-state index contributed by atoms with van der Waals surface area (Å²) in [5.74, 6) is 0.0223. The summed E-state index contributed by atoms with van der Waals surface area (Å²) in [6.07, 6.45) is -2.84. The predicted molar refractivity (Wildman–Crippen MR) is 90.9 cm³/mol. The van der Waals surface area contributed by atoms with Crippen LogP contribution in [0, 0.1) is 0 Å². The highest BCUT2D eigenvalue weighted by Crippen LogP contribution is 2.29. The van der Waals surface area contributed by atoms with Crippen LogP contribution in [0.1, 0.15) is 0 Å². The smallest absolute Gasteiger partial charge is 0.422 e. The molecule has 6 nitrogen and oxygen atoms in total. The van der Waals surface area contributed by atoms with Crippen LogP contribution in [-0.4, -0.2) is 33.5 Å². The van der Waals surface area contributed by atoms with Gasteiger partial charge in [0.15, 0.2) is 12.3 Å². The third-order valence-corrected chi connectivity index (χ3v) is 3.70. The molecule has 0 atom stereocenters. The molecule has 138 valence electrons. The second-order valence-electron chi connectivity index (χ2n) is 5.41. The third kappa shape index (κ3) is 4.29. The molecule has 0 bridgehead atoms. The lowest BCUT2D eigenvalue weighted by Crippen LogP contribution is -2.24. The quantitative estimate of drug-likeness (QED) is 0.706. The van der Waals surface area contributed by atoms with Gasteiger partial charge in [0, 0.05) is 17.8 Å². The maximum atomic E-state index is 12.4. The minimum Gasteiger partial charge on any atom is -0.482 e. The zero-order valence-corrected chi connectivity index (χ0v) is 14.1. The number of ether oxygens (including phenoxy) is 1. The van der Waals surface area contributed by atoms with Gasteiger partial charge in [-0.05, 0) is 30.3 Å². The molecule has 2 aromatic heterocycles. The number of nitrogens with one attached hydrogen (secondary N) is 1. The molecule has 0 aliphatic rings. The first kappa shape index (κ1) is 18.1. The molecule has 0 saturated heterocycles. The van der Waals surface area contributed by atoms with Gasteiger partial charge >= 0.3 is 11.9 Å². The van der Waals surface area contributed by atoms with Crippen LogP contribution in [0.3, 0.4) is 0 Å². The molecule has 0 radical (unpaired) electrons. The van der Waals surface area contributed by atoms with Gasteiger partial charge in [-0.15, -0.1) is 5.10 Å². The monoisotopic (exact) mass is 386 g/mol. The molecule has 0 aliphatic carbocycles. The molecule has 0 spiro atoms. The fourth-order valence-corrected chi connectivity index (χ4v) is 2.51. The first-order chi connectivity index (χ1) is 12.3. The summed E-state index contributed by atoms with van der Waals surface area (Å²) >= 11 is 5.89. The second kappa shape index (κ2) is 7.28. The second-order valence-corrected chi connectivity index (χ2v) is 5.84. The SMILES string of the molecule is O=c1n(CCNc2cc(Cl)ccc2OCC(F)(F)F)nc2ccccn12. The van der Waals surface area contributed by atoms with E-state index in [9.17, 15) is 18.0 Å². The average Bonchev–Trinajstić information content (AvgIpc) is 2.90. The molecule has 0 amide bonds. The highest BCUT2D eigenvalue weighted by Gasteiger charge is 2.28. The molecule has 0 saturated carbocycles. The molecule has 0 unspecified atom stereocenters. The normalized spacial score (nSPS) is 11.7. The van der Waals surface area contributed by atoms with Crippen LogP contribution in [0.15, 0.2) is 47.4 Å². The zero-order chi connectivity index (χ0) is 18.7. The van der Waals surface area contributed by atoms with Gasteiger partial charge in [0.05, 0.1) is 12.2 Å². The number of alkyl halides is 3. The Morgan fingerprint density at radius 1 is 1.23 bits per heavy atom. The van der Waals surface area contributed by atoms with E-state index >= 15 is 0 Å². The molecule has 3 rings (SSSR count). The van der Waals surface area contributed by atoms with Crippen molar-refractivity contribution in [2.75, 3.05) is 18.5 Å². The number of hydrogen-bond acceptors (Lipinski definition) is 4. The van der Waals surface area contributed by atoms with Gasteiger partial charge in [0.25, 0.3) is 0 Å². The van der Waals surface area contributed by atoms with E-state index in [2.05, 4.69) is 10.4 Å². The molecule has 0 aliphatic heterocycles. The number of pyridine rings is 1. The van der Waals surface area contributed by atoms with Crippen molar-refractivity contribution in [1.82, 2.24) is 14.2 Å². The van der Waals surface area contributed by atoms with Crippen molar-refractivity contribution >= 4 is 22.9 Å². The first-order valence-electron chi connectivity index (χ1n) is 7.61. The summed E-state index contributed by atoms with van der Waals surface area (Å²) in [4.78, 5) is 12.2. The van der Waals surface area contributed by atoms with E-state index in [0.717, 1.165) is 0 Å². The van der Waals surface area contributed by atoms with Gasteiger partial charge < -0.3 is 10.1 Å². The van der Waals surface area contributed by atoms with Gasteiger partial charge in [0.2, 0.25) is 0 Å². The molecular weight excluding hydrogens is 373 g/mol. The van der Waals surface area contributed by atoms with Crippen molar-refractivity contribution < 1.29 is 17.9 Å². The van der Waals surface area contributed by atoms with E-state index in [0.29, 0.717) is 16.4 Å². The minimum absolute atomic E-state index is 0.0223. The van der Waals surface area contributed by atoms with Gasteiger partial charge in [-0.2, -0.15) is 13.2 Å². The first-order valence-corrected chi connectivity index (χ1v) is 7.98. The van der Waals surface area contributed by atoms with Crippen LogP contribution in [0.2, 0.25) is 5.02 Å². The van der Waals surface area contributed by atoms with Gasteiger partial charge in [-0.3, -0.25) is 4.40 Å². The Bertz CT molecular complexity index is 968. The van der Waals surface area contributed by atoms with Crippen LogP contribution in [0.4, 0.5) is 18.9 Å². The lowest BCUT2D eigenvalue weighted by atomic mass is 10.3. The molecular formula is C16H14ClF3N4O2. The summed E-state index contributed by atoms with van der Waals surface area (Å²) < 4.78 is 44.5. The maximum Gasteiger partial charge on any atom is 0.422 e. The number of nitrogens with zero attached hydrogens (tertiary/aromatic N) is 3. The molecule has 26 heavy (non-hydrogen) atoms. The average molecular weight is 387 g/mol. The van der Waals surface area contributed by atoms with Gasteiger partial charge in [0.1, 0.15) is 5.75 Å². The lowest BCUT2D eigenvalue weighted by Gasteiger charge is -2.14. The van der Waals surface area contributed by atoms with Crippen molar-refractivity contribution in [2.45, 2.75) is 12.7 Å². The van der Waals surface area contributed by atoms with E-state index in [-0.39, 0.29) is 24.5 Å². The minimum atomic E-state index is -4.44. The topological polar surface area (TPSA) is 60.6 Å². The Hall–Kier alpha value is -2.68. The van der Waals surface area contributed by atoms with E-state index < -0.39 is 12.8 Å². The predicted octanol–water partition coefficient (Wildman–Crippen LogP) is 3.20. The molecule has 2 heterocycles. The number of rotatable bonds is 6. The summed E-state index contributed by atoms with van der Waals surface area (Å²) in [7, 11) is 0. The summed E-state index contributed by atoms with van der Waals surface area (Å²) in [6.45, 7) is -0.951. The number of benzene rings is 1. The highest BCUT2D eigenvalue weighted by molar-refractivity contribution is 6.30. The molecule has 3 aromatic rings. The number of fused-ring (bicyclic) bond motifs is 1. The van der Waals surface area contributed by atoms with Crippen molar-refractivity contribution in [3.63, 3.8) is 0 Å². The Morgan fingerprint density at radius 3 is 2.77 bits per heavy atom. The van der Waals surface area contributed by atoms with E-state index in [1.54, 1.807) is 24.4 Å². The third-order valence-electron chi connectivity index (χ3n) is 3.46. The van der Waals surface area contributed by atoms with Crippen molar-refractivity contribution in [1.29, 1.82) is 0 Å². The van der Waals surface area contributed by atoms with E-state index in [4.69, 9.17) is 16.3 Å². The van der Waals surface area contributed by atoms with Crippen LogP contribution in [0.5, 0.6) is 5.75 Å². The Balaban J connectivity index is 1.69. The zero-order valence-electron chi connectivity index (χ0n) is 13.3. The van der Waals surface area contributed by atoms with Crippen molar-refractivity contribution in [3.8, 4) is 5.75 Å². The fraction of sp³-hybridized carbons (Fsp3) is 0.250. The van der Waals surface area contributed by atoms with Crippen molar-refractivity contribution in [3.05, 3.63) is 58.1 Å². The maximum absolute atomic E-state index is 12.4. The molecule has 10 heteroatoms. The Kier molecular flexibility index (Phi) is 5.08. The highest BCUT2D eigenvalue weighted by atomic mass is 35.5. The lowest BCUT2D eigenvalue weighted by molar-refractivity contribution is -0.153. The number of aromatic nitrogens is 3. The van der Waals surface area contributed by atoms with E-state index in [1.165, 1.54) is 27.3 Å². The largest absolute Gasteiger partial charge is 0.482 e. The number of hydrogen-bond donors (Lipinski definition) is 1. The number of anilines is 1. The van der Waals surface area contributed by atoms with Crippen LogP contribution in [-0.2, 0) is 6.54 Å². The van der Waals surface area contributed by atoms with Crippen LogP contribution >= 0.6 is 11.6 Å². The molecule has 1 N–H and O–H groups in total.